The predicted molar refractivity (Wildman–Crippen MR) is 106 cm³/mol. The molecule has 0 fully saturated rings. The van der Waals surface area contributed by atoms with Gasteiger partial charge < -0.3 is 14.5 Å². The minimum absolute atomic E-state index is 0.316. The van der Waals surface area contributed by atoms with E-state index < -0.39 is 6.04 Å². The topological polar surface area (TPSA) is 112 Å². The van der Waals surface area contributed by atoms with Crippen LogP contribution in [-0.4, -0.2) is 48.0 Å². The smallest absolute Gasteiger partial charge is 0.328 e. The Morgan fingerprint density at radius 2 is 2.17 bits per heavy atom. The van der Waals surface area contributed by atoms with Crippen LogP contribution in [0.25, 0.3) is 28.3 Å². The molecule has 0 amide bonds. The molecule has 29 heavy (non-hydrogen) atoms. The first-order valence-corrected chi connectivity index (χ1v) is 9.67. The van der Waals surface area contributed by atoms with Gasteiger partial charge in [-0.2, -0.15) is 14.6 Å². The number of carbonyl (C=O) groups is 1. The molecule has 4 aromatic heterocycles. The van der Waals surface area contributed by atoms with E-state index in [-0.39, 0.29) is 5.97 Å². The summed E-state index contributed by atoms with van der Waals surface area (Å²) in [5, 5.41) is 12.9. The summed E-state index contributed by atoms with van der Waals surface area (Å²) in [6.45, 7) is 4.18. The van der Waals surface area contributed by atoms with Crippen LogP contribution < -0.4 is 5.32 Å². The molecule has 4 heterocycles. The molecule has 0 saturated heterocycles. The number of furan rings is 1. The van der Waals surface area contributed by atoms with E-state index in [0.717, 1.165) is 18.2 Å². The maximum Gasteiger partial charge on any atom is 0.328 e. The van der Waals surface area contributed by atoms with Crippen molar-refractivity contribution < 1.29 is 13.9 Å². The fraction of sp³-hybridized carbons (Fsp3) is 0.421. The summed E-state index contributed by atoms with van der Waals surface area (Å²) in [5.74, 6) is 1.04. The third-order valence-corrected chi connectivity index (χ3v) is 4.53. The summed E-state index contributed by atoms with van der Waals surface area (Å²) in [4.78, 5) is 21.7. The van der Waals surface area contributed by atoms with E-state index in [1.165, 1.54) is 0 Å². The second kappa shape index (κ2) is 7.90. The average Bonchev–Trinajstić information content (AvgIpc) is 3.42. The normalized spacial score (nSPS) is 12.5. The molecular formula is C19H23N7O3. The summed E-state index contributed by atoms with van der Waals surface area (Å²) in [6, 6.07) is 3.03. The molecule has 1 N–H and O–H groups in total. The van der Waals surface area contributed by atoms with E-state index in [2.05, 4.69) is 32.4 Å². The average molecular weight is 397 g/mol. The zero-order valence-electron chi connectivity index (χ0n) is 16.6. The molecule has 0 aliphatic carbocycles. The molecule has 1 atom stereocenters. The van der Waals surface area contributed by atoms with Gasteiger partial charge >= 0.3 is 5.97 Å². The van der Waals surface area contributed by atoms with E-state index in [0.29, 0.717) is 41.9 Å². The number of fused-ring (bicyclic) bond motifs is 3. The molecule has 4 rings (SSSR count). The summed E-state index contributed by atoms with van der Waals surface area (Å²) in [5.41, 5.74) is 1.09. The van der Waals surface area contributed by atoms with Crippen LogP contribution in [0.1, 0.15) is 33.1 Å². The van der Waals surface area contributed by atoms with E-state index in [4.69, 9.17) is 9.15 Å². The van der Waals surface area contributed by atoms with Crippen molar-refractivity contribution in [3.63, 3.8) is 0 Å². The van der Waals surface area contributed by atoms with Gasteiger partial charge in [0.2, 0.25) is 11.8 Å². The Morgan fingerprint density at radius 1 is 1.31 bits per heavy atom. The Morgan fingerprint density at radius 3 is 2.90 bits per heavy atom. The van der Waals surface area contributed by atoms with E-state index >= 15 is 0 Å². The summed E-state index contributed by atoms with van der Waals surface area (Å²) in [7, 11) is 1.82. The first-order chi connectivity index (χ1) is 14.1. The third-order valence-electron chi connectivity index (χ3n) is 4.53. The number of rotatable bonds is 8. The Bertz CT molecular complexity index is 1130. The Balaban J connectivity index is 1.81. The van der Waals surface area contributed by atoms with Gasteiger partial charge in [0, 0.05) is 13.2 Å². The van der Waals surface area contributed by atoms with Crippen molar-refractivity contribution >= 4 is 28.6 Å². The predicted octanol–water partition coefficient (Wildman–Crippen LogP) is 2.80. The molecule has 1 unspecified atom stereocenters. The highest BCUT2D eigenvalue weighted by molar-refractivity contribution is 5.90. The molecule has 0 saturated carbocycles. The van der Waals surface area contributed by atoms with Crippen molar-refractivity contribution in [2.75, 3.05) is 11.9 Å². The van der Waals surface area contributed by atoms with Gasteiger partial charge in [-0.15, -0.1) is 5.10 Å². The van der Waals surface area contributed by atoms with Crippen LogP contribution >= 0.6 is 0 Å². The van der Waals surface area contributed by atoms with E-state index in [1.54, 1.807) is 34.5 Å². The van der Waals surface area contributed by atoms with Gasteiger partial charge in [0.05, 0.1) is 18.3 Å². The monoisotopic (exact) mass is 397 g/mol. The molecular weight excluding hydrogens is 374 g/mol. The lowest BCUT2D eigenvalue weighted by molar-refractivity contribution is -0.144. The zero-order chi connectivity index (χ0) is 20.4. The highest BCUT2D eigenvalue weighted by Crippen LogP contribution is 2.24. The number of nitrogens with zero attached hydrogens (tertiary/aromatic N) is 6. The zero-order valence-corrected chi connectivity index (χ0v) is 16.6. The molecule has 152 valence electrons. The number of anilines is 1. The number of ether oxygens (including phenoxy) is 1. The number of carbonyl (C=O) groups excluding carboxylic acids is 1. The Labute approximate surface area is 166 Å². The van der Waals surface area contributed by atoms with E-state index in [1.807, 2.05) is 13.2 Å². The standard InChI is InChI=1S/C19H23N7O3/c1-4-6-8-13(18(27)28-5-2)20-19-22-15-12(11-25(3)23-15)17-21-16(24-26(17)19)14-9-7-10-29-14/h7,9-11,13H,4-6,8H2,1-3H3,(H,20,22,23). The molecule has 0 bridgehead atoms. The highest BCUT2D eigenvalue weighted by Gasteiger charge is 2.24. The second-order valence-corrected chi connectivity index (χ2v) is 6.71. The number of unbranched alkanes of at least 4 members (excludes halogenated alkanes) is 1. The molecule has 10 heteroatoms. The minimum atomic E-state index is -0.539. The molecule has 0 radical (unpaired) electrons. The number of esters is 1. The molecule has 0 spiro atoms. The molecule has 0 aromatic carbocycles. The first kappa shape index (κ1) is 18.9. The molecule has 4 aromatic rings. The quantitative estimate of drug-likeness (QED) is 0.452. The molecule has 10 nitrogen and oxygen atoms in total. The Hall–Kier alpha value is -3.43. The van der Waals surface area contributed by atoms with Gasteiger partial charge in [-0.3, -0.25) is 4.68 Å². The number of aryl methyl sites for hydroxylation is 1. The van der Waals surface area contributed by atoms with Crippen molar-refractivity contribution in [2.24, 2.45) is 7.05 Å². The van der Waals surface area contributed by atoms with Crippen molar-refractivity contribution in [3.8, 4) is 11.6 Å². The van der Waals surface area contributed by atoms with Crippen LogP contribution in [0.2, 0.25) is 0 Å². The molecule has 0 aliphatic heterocycles. The lowest BCUT2D eigenvalue weighted by Crippen LogP contribution is -2.32. The van der Waals surface area contributed by atoms with Gasteiger partial charge in [0.25, 0.3) is 0 Å². The summed E-state index contributed by atoms with van der Waals surface area (Å²) in [6.07, 6.45) is 5.87. The Kier molecular flexibility index (Phi) is 5.15. The largest absolute Gasteiger partial charge is 0.464 e. The SMILES string of the molecule is CCCCC(Nc1nc2nn(C)cc2c2nc(-c3ccco3)nn12)C(=O)OCC. The maximum atomic E-state index is 12.5. The summed E-state index contributed by atoms with van der Waals surface area (Å²) >= 11 is 0. The summed E-state index contributed by atoms with van der Waals surface area (Å²) < 4.78 is 13.9. The second-order valence-electron chi connectivity index (χ2n) is 6.71. The van der Waals surface area contributed by atoms with Crippen LogP contribution in [0.3, 0.4) is 0 Å². The number of hydrogen-bond donors (Lipinski definition) is 1. The van der Waals surface area contributed by atoms with Gasteiger partial charge in [0.1, 0.15) is 6.04 Å². The number of hydrogen-bond acceptors (Lipinski definition) is 8. The van der Waals surface area contributed by atoms with Crippen LogP contribution in [0.4, 0.5) is 5.95 Å². The molecule has 0 aliphatic rings. The van der Waals surface area contributed by atoms with Crippen LogP contribution in [0.15, 0.2) is 29.0 Å². The fourth-order valence-electron chi connectivity index (χ4n) is 3.16. The van der Waals surface area contributed by atoms with Crippen molar-refractivity contribution in [2.45, 2.75) is 39.2 Å². The fourth-order valence-corrected chi connectivity index (χ4v) is 3.16. The van der Waals surface area contributed by atoms with Crippen molar-refractivity contribution in [1.29, 1.82) is 0 Å². The highest BCUT2D eigenvalue weighted by atomic mass is 16.5. The number of nitrogens with one attached hydrogen (secondary N) is 1. The van der Waals surface area contributed by atoms with Gasteiger partial charge in [-0.25, -0.2) is 9.78 Å². The van der Waals surface area contributed by atoms with Gasteiger partial charge in [-0.05, 0) is 25.5 Å². The lowest BCUT2D eigenvalue weighted by atomic mass is 10.1. The van der Waals surface area contributed by atoms with Gasteiger partial charge in [0.15, 0.2) is 17.1 Å². The third kappa shape index (κ3) is 3.65. The van der Waals surface area contributed by atoms with Crippen LogP contribution in [0.5, 0.6) is 0 Å². The maximum absolute atomic E-state index is 12.5. The number of aromatic nitrogens is 6. The minimum Gasteiger partial charge on any atom is -0.464 e. The lowest BCUT2D eigenvalue weighted by Gasteiger charge is -2.17. The van der Waals surface area contributed by atoms with Crippen molar-refractivity contribution in [1.82, 2.24) is 29.4 Å². The van der Waals surface area contributed by atoms with Crippen LogP contribution in [0, 0.1) is 0 Å². The van der Waals surface area contributed by atoms with Gasteiger partial charge in [-0.1, -0.05) is 19.8 Å². The van der Waals surface area contributed by atoms with Crippen LogP contribution in [-0.2, 0) is 16.6 Å². The first-order valence-electron chi connectivity index (χ1n) is 9.67. The van der Waals surface area contributed by atoms with Crippen molar-refractivity contribution in [3.05, 3.63) is 24.6 Å². The van der Waals surface area contributed by atoms with E-state index in [9.17, 15) is 4.79 Å².